The zero-order valence-corrected chi connectivity index (χ0v) is 18.2. The quantitative estimate of drug-likeness (QED) is 0.278. The van der Waals surface area contributed by atoms with Gasteiger partial charge in [-0.3, -0.25) is 0 Å². The van der Waals surface area contributed by atoms with E-state index in [2.05, 4.69) is 91.6 Å². The van der Waals surface area contributed by atoms with Gasteiger partial charge in [0.1, 0.15) is 0 Å². The number of hydrogen-bond acceptors (Lipinski definition) is 0. The van der Waals surface area contributed by atoms with Crippen LogP contribution in [0.5, 0.6) is 0 Å². The monoisotopic (exact) mass is 400 g/mol. The molecular formula is C29H24Si. The Labute approximate surface area is 181 Å². The molecule has 0 bridgehead atoms. The van der Waals surface area contributed by atoms with E-state index >= 15 is 0 Å². The summed E-state index contributed by atoms with van der Waals surface area (Å²) >= 11 is 0. The zero-order chi connectivity index (χ0) is 20.5. The van der Waals surface area contributed by atoms with E-state index in [1.807, 2.05) is 12.2 Å². The number of rotatable bonds is 2. The lowest BCUT2D eigenvalue weighted by molar-refractivity contribution is 1.26. The lowest BCUT2D eigenvalue weighted by atomic mass is 10.0. The minimum absolute atomic E-state index is 0.421. The van der Waals surface area contributed by atoms with Gasteiger partial charge in [0.05, 0.1) is 0 Å². The standard InChI is InChI=1S/C17H14.C12H10Si/c1-3-12-5-7-16-14(9-12)11-15-10-13(4-2)6-8-17(15)16;1-2-5-10-9(4-1)8-12-11(10)6-3-7-13-12/h3-10H,1-2,11H2;1-7,13H,8H2. The Hall–Kier alpha value is -3.29. The molecule has 0 aliphatic heterocycles. The molecule has 0 radical (unpaired) electrons. The van der Waals surface area contributed by atoms with Crippen LogP contribution in [0, 0.1) is 0 Å². The van der Waals surface area contributed by atoms with Gasteiger partial charge < -0.3 is 0 Å². The van der Waals surface area contributed by atoms with Crippen LogP contribution in [0.1, 0.15) is 33.0 Å². The highest BCUT2D eigenvalue weighted by molar-refractivity contribution is 6.33. The fourth-order valence-corrected chi connectivity index (χ4v) is 5.81. The highest BCUT2D eigenvalue weighted by Gasteiger charge is 2.18. The van der Waals surface area contributed by atoms with Gasteiger partial charge in [-0.05, 0) is 62.9 Å². The van der Waals surface area contributed by atoms with E-state index in [0.717, 1.165) is 6.42 Å². The van der Waals surface area contributed by atoms with Crippen molar-refractivity contribution in [3.8, 4) is 22.3 Å². The number of fused-ring (bicyclic) bond motifs is 6. The SMILES string of the molecule is C=Cc1ccc2c(c1)Cc1cc(C=C)ccc1-2.c1ccc2c(c1)Cc1[siH]cccc1-2. The van der Waals surface area contributed by atoms with Crippen molar-refractivity contribution in [1.82, 2.24) is 0 Å². The molecule has 6 rings (SSSR count). The molecule has 0 nitrogen and oxygen atoms in total. The average Bonchev–Trinajstić information content (AvgIpc) is 3.36. The van der Waals surface area contributed by atoms with Gasteiger partial charge in [0.25, 0.3) is 0 Å². The summed E-state index contributed by atoms with van der Waals surface area (Å²) in [5, 5.41) is 1.67. The van der Waals surface area contributed by atoms with E-state index < -0.39 is 0 Å². The number of benzene rings is 3. The molecule has 30 heavy (non-hydrogen) atoms. The van der Waals surface area contributed by atoms with Crippen molar-refractivity contribution in [3.05, 3.63) is 125 Å². The third-order valence-electron chi connectivity index (χ3n) is 6.11. The Morgan fingerprint density at radius 2 is 1.20 bits per heavy atom. The molecule has 1 heteroatoms. The van der Waals surface area contributed by atoms with E-state index in [-0.39, 0.29) is 0 Å². The second kappa shape index (κ2) is 7.85. The first-order chi connectivity index (χ1) is 14.8. The van der Waals surface area contributed by atoms with Crippen molar-refractivity contribution in [1.29, 1.82) is 0 Å². The van der Waals surface area contributed by atoms with Crippen LogP contribution in [-0.2, 0) is 12.8 Å². The van der Waals surface area contributed by atoms with Crippen molar-refractivity contribution < 1.29 is 0 Å². The first-order valence-corrected chi connectivity index (χ1v) is 11.7. The van der Waals surface area contributed by atoms with Crippen molar-refractivity contribution in [2.75, 3.05) is 0 Å². The molecule has 144 valence electrons. The summed E-state index contributed by atoms with van der Waals surface area (Å²) in [6, 6.07) is 26.4. The smallest absolute Gasteiger partial charge is 0.0252 e. The molecule has 0 fully saturated rings. The van der Waals surface area contributed by atoms with Gasteiger partial charge in [-0.15, -0.1) is 0 Å². The molecule has 4 aromatic rings. The summed E-state index contributed by atoms with van der Waals surface area (Å²) < 4.78 is 0. The van der Waals surface area contributed by atoms with Gasteiger partial charge in [0.2, 0.25) is 0 Å². The Morgan fingerprint density at radius 1 is 0.600 bits per heavy atom. The molecular weight excluding hydrogens is 376 g/mol. The summed E-state index contributed by atoms with van der Waals surface area (Å²) in [4.78, 5) is 0. The molecule has 0 saturated carbocycles. The largest absolute Gasteiger partial charge is 0.0985 e. The average molecular weight is 401 g/mol. The first-order valence-electron chi connectivity index (χ1n) is 10.4. The summed E-state index contributed by atoms with van der Waals surface area (Å²) in [6.07, 6.45) is 6.02. The van der Waals surface area contributed by atoms with Crippen LogP contribution in [0.15, 0.2) is 91.6 Å². The van der Waals surface area contributed by atoms with Gasteiger partial charge in [0.15, 0.2) is 0 Å². The number of hydrogen-bond donors (Lipinski definition) is 0. The Kier molecular flexibility index (Phi) is 4.90. The Morgan fingerprint density at radius 3 is 1.87 bits per heavy atom. The Bertz CT molecular complexity index is 1180. The van der Waals surface area contributed by atoms with Gasteiger partial charge in [-0.25, -0.2) is 0 Å². The fourth-order valence-electron chi connectivity index (χ4n) is 4.58. The molecule has 0 atom stereocenters. The van der Waals surface area contributed by atoms with Crippen LogP contribution in [0.3, 0.4) is 0 Å². The first kappa shape index (κ1) is 18.7. The highest BCUT2D eigenvalue weighted by atomic mass is 28.2. The maximum absolute atomic E-state index is 3.82. The molecule has 3 aromatic carbocycles. The molecule has 2 aliphatic carbocycles. The molecule has 0 spiro atoms. The second-order valence-electron chi connectivity index (χ2n) is 7.91. The predicted molar refractivity (Wildman–Crippen MR) is 132 cm³/mol. The third kappa shape index (κ3) is 3.32. The van der Waals surface area contributed by atoms with E-state index in [0.29, 0.717) is 9.12 Å². The zero-order valence-electron chi connectivity index (χ0n) is 17.1. The van der Waals surface area contributed by atoms with Crippen molar-refractivity contribution >= 4 is 21.3 Å². The minimum atomic E-state index is 0.421. The van der Waals surface area contributed by atoms with Gasteiger partial charge >= 0.3 is 0 Å². The third-order valence-corrected chi connectivity index (χ3v) is 7.44. The molecule has 0 unspecified atom stereocenters. The summed E-state index contributed by atoms with van der Waals surface area (Å²) in [7, 11) is 0.421. The van der Waals surface area contributed by atoms with Crippen LogP contribution in [-0.4, -0.2) is 9.12 Å². The minimum Gasteiger partial charge on any atom is -0.0985 e. The van der Waals surface area contributed by atoms with Crippen LogP contribution in [0.2, 0.25) is 0 Å². The van der Waals surface area contributed by atoms with E-state index in [9.17, 15) is 0 Å². The summed E-state index contributed by atoms with van der Waals surface area (Å²) in [5.41, 5.74) is 14.7. The van der Waals surface area contributed by atoms with E-state index in [1.54, 1.807) is 5.17 Å². The molecule has 0 amide bonds. The predicted octanol–water partition coefficient (Wildman–Crippen LogP) is 6.87. The maximum atomic E-state index is 3.82. The maximum Gasteiger partial charge on any atom is 0.0252 e. The molecule has 2 aliphatic rings. The van der Waals surface area contributed by atoms with Crippen LogP contribution in [0.4, 0.5) is 0 Å². The highest BCUT2D eigenvalue weighted by Crippen LogP contribution is 2.37. The van der Waals surface area contributed by atoms with Gasteiger partial charge in [0, 0.05) is 9.12 Å². The second-order valence-corrected chi connectivity index (χ2v) is 9.32. The van der Waals surface area contributed by atoms with Crippen molar-refractivity contribution in [2.24, 2.45) is 0 Å². The molecule has 0 saturated heterocycles. The van der Waals surface area contributed by atoms with Crippen LogP contribution in [0.25, 0.3) is 34.4 Å². The normalized spacial score (nSPS) is 12.0. The lowest BCUT2D eigenvalue weighted by Crippen LogP contribution is -1.84. The van der Waals surface area contributed by atoms with Crippen LogP contribution < -0.4 is 0 Å². The Balaban J connectivity index is 0.000000133. The van der Waals surface area contributed by atoms with Gasteiger partial charge in [-0.1, -0.05) is 109 Å². The van der Waals surface area contributed by atoms with E-state index in [4.69, 9.17) is 0 Å². The topological polar surface area (TPSA) is 0 Å². The van der Waals surface area contributed by atoms with Crippen molar-refractivity contribution in [2.45, 2.75) is 12.8 Å². The summed E-state index contributed by atoms with van der Waals surface area (Å²) in [6.45, 7) is 7.64. The molecule has 1 aromatic heterocycles. The molecule has 1 heterocycles. The van der Waals surface area contributed by atoms with Crippen molar-refractivity contribution in [3.63, 3.8) is 0 Å². The van der Waals surface area contributed by atoms with Crippen LogP contribution >= 0.6 is 0 Å². The molecule has 0 N–H and O–H groups in total. The fraction of sp³-hybridized carbons (Fsp3) is 0.0690. The van der Waals surface area contributed by atoms with Gasteiger partial charge in [-0.2, -0.15) is 0 Å². The van der Waals surface area contributed by atoms with E-state index in [1.165, 1.54) is 56.5 Å². The lowest BCUT2D eigenvalue weighted by Gasteiger charge is -2.02. The summed E-state index contributed by atoms with van der Waals surface area (Å²) in [5.74, 6) is 0.